The van der Waals surface area contributed by atoms with E-state index in [4.69, 9.17) is 23.2 Å². The third kappa shape index (κ3) is 3.65. The SMILES string of the molecule is CCCCSC1=N[C@H]2CS(=O)(=O)C[C@H]2N1c1ccc(Cl)c(Cl)c1. The second-order valence-corrected chi connectivity index (χ2v) is 9.82. The molecule has 0 N–H and O–H groups in total. The first-order chi connectivity index (χ1) is 10.9. The quantitative estimate of drug-likeness (QED) is 0.729. The Balaban J connectivity index is 1.92. The number of fused-ring (bicyclic) bond motifs is 1. The topological polar surface area (TPSA) is 49.7 Å². The van der Waals surface area contributed by atoms with E-state index in [1.165, 1.54) is 0 Å². The molecule has 0 amide bonds. The maximum atomic E-state index is 12.0. The molecule has 3 rings (SSSR count). The summed E-state index contributed by atoms with van der Waals surface area (Å²) in [5.74, 6) is 1.24. The first-order valence-electron chi connectivity index (χ1n) is 7.56. The molecule has 0 saturated carbocycles. The van der Waals surface area contributed by atoms with Gasteiger partial charge in [-0.25, -0.2) is 8.42 Å². The smallest absolute Gasteiger partial charge is 0.164 e. The molecule has 2 aliphatic heterocycles. The summed E-state index contributed by atoms with van der Waals surface area (Å²) in [6, 6.07) is 5.08. The second-order valence-electron chi connectivity index (χ2n) is 5.79. The lowest BCUT2D eigenvalue weighted by Crippen LogP contribution is -2.39. The Morgan fingerprint density at radius 1 is 1.30 bits per heavy atom. The Bertz CT molecular complexity index is 737. The molecule has 4 nitrogen and oxygen atoms in total. The Morgan fingerprint density at radius 3 is 2.78 bits per heavy atom. The van der Waals surface area contributed by atoms with Gasteiger partial charge in [0.05, 0.1) is 33.6 Å². The number of aliphatic imine (C=N–C) groups is 1. The normalized spacial score (nSPS) is 25.5. The monoisotopic (exact) mass is 392 g/mol. The highest BCUT2D eigenvalue weighted by Gasteiger charge is 2.47. The summed E-state index contributed by atoms with van der Waals surface area (Å²) < 4.78 is 23.9. The number of halogens is 2. The molecule has 1 saturated heterocycles. The summed E-state index contributed by atoms with van der Waals surface area (Å²) in [5.41, 5.74) is 0.853. The van der Waals surface area contributed by atoms with Crippen LogP contribution in [0, 0.1) is 0 Å². The van der Waals surface area contributed by atoms with Gasteiger partial charge < -0.3 is 4.90 Å². The minimum absolute atomic E-state index is 0.132. The van der Waals surface area contributed by atoms with Gasteiger partial charge in [0.25, 0.3) is 0 Å². The van der Waals surface area contributed by atoms with Gasteiger partial charge in [0.1, 0.15) is 0 Å². The van der Waals surface area contributed by atoms with Crippen LogP contribution in [0.3, 0.4) is 0 Å². The second kappa shape index (κ2) is 6.82. The Labute approximate surface area is 151 Å². The molecular formula is C15H18Cl2N2O2S2. The lowest BCUT2D eigenvalue weighted by atomic mass is 10.1. The van der Waals surface area contributed by atoms with Crippen LogP contribution >= 0.6 is 35.0 Å². The average molecular weight is 393 g/mol. The van der Waals surface area contributed by atoms with Gasteiger partial charge in [-0.2, -0.15) is 0 Å². The van der Waals surface area contributed by atoms with Crippen LogP contribution in [0.2, 0.25) is 10.0 Å². The van der Waals surface area contributed by atoms with Gasteiger partial charge >= 0.3 is 0 Å². The summed E-state index contributed by atoms with van der Waals surface area (Å²) in [7, 11) is -3.03. The highest BCUT2D eigenvalue weighted by molar-refractivity contribution is 8.14. The number of benzene rings is 1. The zero-order valence-corrected chi connectivity index (χ0v) is 15.9. The zero-order chi connectivity index (χ0) is 16.6. The molecule has 2 heterocycles. The Morgan fingerprint density at radius 2 is 2.09 bits per heavy atom. The summed E-state index contributed by atoms with van der Waals surface area (Å²) in [4.78, 5) is 6.70. The standard InChI is InChI=1S/C15H18Cl2N2O2S2/c1-2-3-6-22-15-18-13-8-23(20,21)9-14(13)19(15)10-4-5-11(16)12(17)7-10/h4-5,7,13-14H,2-3,6,8-9H2,1H3/t13-,14+/m0/s1. The van der Waals surface area contributed by atoms with E-state index in [0.29, 0.717) is 10.0 Å². The fraction of sp³-hybridized carbons (Fsp3) is 0.533. The van der Waals surface area contributed by atoms with E-state index in [9.17, 15) is 8.42 Å². The molecule has 0 bridgehead atoms. The van der Waals surface area contributed by atoms with Crippen LogP contribution in [-0.2, 0) is 9.84 Å². The van der Waals surface area contributed by atoms with Gasteiger partial charge in [0.15, 0.2) is 15.0 Å². The lowest BCUT2D eigenvalue weighted by molar-refractivity contribution is 0.601. The Hall–Kier alpha value is -0.430. The minimum atomic E-state index is -3.03. The molecule has 8 heteroatoms. The molecule has 0 spiro atoms. The van der Waals surface area contributed by atoms with Crippen molar-refractivity contribution in [2.75, 3.05) is 22.2 Å². The minimum Gasteiger partial charge on any atom is -0.315 e. The van der Waals surface area contributed by atoms with Crippen LogP contribution in [0.25, 0.3) is 0 Å². The van der Waals surface area contributed by atoms with E-state index in [2.05, 4.69) is 11.9 Å². The number of anilines is 1. The van der Waals surface area contributed by atoms with E-state index in [-0.39, 0.29) is 23.6 Å². The van der Waals surface area contributed by atoms with Gasteiger partial charge in [-0.3, -0.25) is 4.99 Å². The van der Waals surface area contributed by atoms with Crippen molar-refractivity contribution in [2.45, 2.75) is 31.8 Å². The molecule has 0 radical (unpaired) electrons. The molecule has 2 aliphatic rings. The largest absolute Gasteiger partial charge is 0.315 e. The zero-order valence-electron chi connectivity index (χ0n) is 12.7. The summed E-state index contributed by atoms with van der Waals surface area (Å²) >= 11 is 13.8. The summed E-state index contributed by atoms with van der Waals surface area (Å²) in [5, 5.41) is 1.84. The molecule has 1 aromatic carbocycles. The molecule has 126 valence electrons. The number of nitrogens with zero attached hydrogens (tertiary/aromatic N) is 2. The van der Waals surface area contributed by atoms with Crippen molar-refractivity contribution in [3.05, 3.63) is 28.2 Å². The van der Waals surface area contributed by atoms with E-state index < -0.39 is 9.84 Å². The maximum absolute atomic E-state index is 12.0. The fourth-order valence-corrected chi connectivity index (χ4v) is 6.22. The predicted octanol–water partition coefficient (Wildman–Crippen LogP) is 3.87. The van der Waals surface area contributed by atoms with Crippen molar-refractivity contribution in [3.63, 3.8) is 0 Å². The van der Waals surface area contributed by atoms with E-state index in [1.54, 1.807) is 23.9 Å². The van der Waals surface area contributed by atoms with Crippen LogP contribution < -0.4 is 4.90 Å². The van der Waals surface area contributed by atoms with Gasteiger partial charge in [-0.1, -0.05) is 48.3 Å². The number of amidine groups is 1. The number of rotatable bonds is 4. The van der Waals surface area contributed by atoms with Crippen LogP contribution in [0.1, 0.15) is 19.8 Å². The lowest BCUT2D eigenvalue weighted by Gasteiger charge is -2.26. The number of hydrogen-bond donors (Lipinski definition) is 0. The van der Waals surface area contributed by atoms with Gasteiger partial charge in [0.2, 0.25) is 0 Å². The summed E-state index contributed by atoms with van der Waals surface area (Å²) in [6.07, 6.45) is 2.22. The van der Waals surface area contributed by atoms with Crippen molar-refractivity contribution >= 4 is 55.7 Å². The summed E-state index contributed by atoms with van der Waals surface area (Å²) in [6.45, 7) is 2.15. The van der Waals surface area contributed by atoms with E-state index in [1.807, 2.05) is 11.0 Å². The predicted molar refractivity (Wildman–Crippen MR) is 100.0 cm³/mol. The van der Waals surface area contributed by atoms with Gasteiger partial charge in [-0.05, 0) is 24.6 Å². The first kappa shape index (κ1) is 17.4. The first-order valence-corrected chi connectivity index (χ1v) is 11.1. The number of thioether (sulfide) groups is 1. The number of hydrogen-bond acceptors (Lipinski definition) is 5. The van der Waals surface area contributed by atoms with Gasteiger partial charge in [0, 0.05) is 11.4 Å². The third-order valence-corrected chi connectivity index (χ3v) is 7.51. The van der Waals surface area contributed by atoms with Crippen molar-refractivity contribution < 1.29 is 8.42 Å². The van der Waals surface area contributed by atoms with Crippen LogP contribution in [0.5, 0.6) is 0 Å². The highest BCUT2D eigenvalue weighted by Crippen LogP contribution is 2.37. The van der Waals surface area contributed by atoms with E-state index in [0.717, 1.165) is 29.4 Å². The van der Waals surface area contributed by atoms with E-state index >= 15 is 0 Å². The maximum Gasteiger partial charge on any atom is 0.164 e. The van der Waals surface area contributed by atoms with Crippen molar-refractivity contribution in [3.8, 4) is 0 Å². The van der Waals surface area contributed by atoms with Crippen LogP contribution in [0.15, 0.2) is 23.2 Å². The molecule has 0 aliphatic carbocycles. The molecule has 23 heavy (non-hydrogen) atoms. The molecular weight excluding hydrogens is 375 g/mol. The molecule has 1 aromatic rings. The van der Waals surface area contributed by atoms with Crippen molar-refractivity contribution in [1.29, 1.82) is 0 Å². The number of unbranched alkanes of at least 4 members (excludes halogenated alkanes) is 1. The molecule has 2 atom stereocenters. The molecule has 1 fully saturated rings. The third-order valence-electron chi connectivity index (χ3n) is 4.02. The van der Waals surface area contributed by atoms with Crippen molar-refractivity contribution in [1.82, 2.24) is 0 Å². The fourth-order valence-electron chi connectivity index (χ4n) is 2.88. The molecule has 0 unspecified atom stereocenters. The van der Waals surface area contributed by atoms with Gasteiger partial charge in [-0.15, -0.1) is 0 Å². The highest BCUT2D eigenvalue weighted by atomic mass is 35.5. The van der Waals surface area contributed by atoms with Crippen molar-refractivity contribution in [2.24, 2.45) is 4.99 Å². The molecule has 0 aromatic heterocycles. The Kier molecular flexibility index (Phi) is 5.16. The average Bonchev–Trinajstić information content (AvgIpc) is 2.93. The van der Waals surface area contributed by atoms with Crippen LogP contribution in [0.4, 0.5) is 5.69 Å². The number of sulfone groups is 1. The van der Waals surface area contributed by atoms with Crippen LogP contribution in [-0.4, -0.2) is 42.9 Å².